The fourth-order valence-electron chi connectivity index (χ4n) is 1.54. The molecule has 1 heterocycles. The van der Waals surface area contributed by atoms with E-state index in [1.807, 2.05) is 12.1 Å². The average Bonchev–Trinajstić information content (AvgIpc) is 2.80. The van der Waals surface area contributed by atoms with Crippen LogP contribution in [-0.2, 0) is 0 Å². The number of nitrogens with zero attached hydrogens (tertiary/aromatic N) is 2. The molecule has 90 valence electrons. The Labute approximate surface area is 105 Å². The van der Waals surface area contributed by atoms with Gasteiger partial charge in [0.15, 0.2) is 0 Å². The van der Waals surface area contributed by atoms with Crippen molar-refractivity contribution >= 4 is 11.6 Å². The number of aromatic nitrogens is 2. The van der Waals surface area contributed by atoms with E-state index in [0.29, 0.717) is 16.7 Å². The van der Waals surface area contributed by atoms with Crippen LogP contribution < -0.4 is 5.73 Å². The Kier molecular flexibility index (Phi) is 3.76. The molecule has 0 spiro atoms. The molecule has 2 rings (SSSR count). The zero-order chi connectivity index (χ0) is 12.3. The monoisotopic (exact) mass is 251 g/mol. The van der Waals surface area contributed by atoms with Gasteiger partial charge in [-0.25, -0.2) is 0 Å². The van der Waals surface area contributed by atoms with Gasteiger partial charge in [-0.05, 0) is 30.7 Å². The molecule has 0 aliphatic carbocycles. The van der Waals surface area contributed by atoms with E-state index >= 15 is 0 Å². The van der Waals surface area contributed by atoms with Crippen LogP contribution in [0, 0.1) is 0 Å². The molecule has 0 saturated heterocycles. The van der Waals surface area contributed by atoms with Crippen LogP contribution in [0.4, 0.5) is 0 Å². The maximum absolute atomic E-state index is 5.90. The van der Waals surface area contributed by atoms with Crippen LogP contribution in [0.15, 0.2) is 28.8 Å². The summed E-state index contributed by atoms with van der Waals surface area (Å²) in [5.41, 5.74) is 6.77. The highest BCUT2D eigenvalue weighted by atomic mass is 35.5. The molecule has 0 fully saturated rings. The Morgan fingerprint density at radius 1 is 1.35 bits per heavy atom. The van der Waals surface area contributed by atoms with Crippen LogP contribution in [-0.4, -0.2) is 10.1 Å². The molecule has 2 aromatic rings. The highest BCUT2D eigenvalue weighted by molar-refractivity contribution is 6.30. The number of halogens is 1. The van der Waals surface area contributed by atoms with Gasteiger partial charge in [0.05, 0.1) is 6.04 Å². The molecule has 0 radical (unpaired) electrons. The maximum atomic E-state index is 5.90. The van der Waals surface area contributed by atoms with Crippen LogP contribution in [0.2, 0.25) is 5.02 Å². The van der Waals surface area contributed by atoms with E-state index in [9.17, 15) is 0 Å². The quantitative estimate of drug-likeness (QED) is 0.906. The van der Waals surface area contributed by atoms with E-state index < -0.39 is 0 Å². The Morgan fingerprint density at radius 2 is 2.06 bits per heavy atom. The molecule has 1 atom stereocenters. The minimum atomic E-state index is -0.187. The van der Waals surface area contributed by atoms with Crippen molar-refractivity contribution in [2.75, 3.05) is 0 Å². The predicted molar refractivity (Wildman–Crippen MR) is 66.6 cm³/mol. The fraction of sp³-hybridized carbons (Fsp3) is 0.333. The van der Waals surface area contributed by atoms with Gasteiger partial charge in [0.2, 0.25) is 11.7 Å². The molecular formula is C12H14ClN3O. The lowest BCUT2D eigenvalue weighted by Gasteiger charge is -2.02. The standard InChI is InChI=1S/C12H14ClN3O/c1-2-3-10(14)12-15-11(16-17-12)8-4-6-9(13)7-5-8/h4-7,10H,2-3,14H2,1H3/t10-/m1/s1. The third-order valence-corrected chi connectivity index (χ3v) is 2.71. The average molecular weight is 252 g/mol. The first-order chi connectivity index (χ1) is 8.20. The molecule has 0 amide bonds. The van der Waals surface area contributed by atoms with Crippen LogP contribution in [0.25, 0.3) is 11.4 Å². The third-order valence-electron chi connectivity index (χ3n) is 2.46. The van der Waals surface area contributed by atoms with Gasteiger partial charge in [0, 0.05) is 10.6 Å². The molecule has 0 bridgehead atoms. The molecule has 4 nitrogen and oxygen atoms in total. The van der Waals surface area contributed by atoms with Crippen molar-refractivity contribution < 1.29 is 4.52 Å². The lowest BCUT2D eigenvalue weighted by Crippen LogP contribution is -2.09. The van der Waals surface area contributed by atoms with E-state index in [0.717, 1.165) is 18.4 Å². The van der Waals surface area contributed by atoms with E-state index in [-0.39, 0.29) is 6.04 Å². The minimum Gasteiger partial charge on any atom is -0.337 e. The summed E-state index contributed by atoms with van der Waals surface area (Å²) in [5, 5.41) is 4.59. The Hall–Kier alpha value is -1.39. The first-order valence-corrected chi connectivity index (χ1v) is 5.93. The minimum absolute atomic E-state index is 0.187. The van der Waals surface area contributed by atoms with Crippen molar-refractivity contribution in [2.24, 2.45) is 5.73 Å². The van der Waals surface area contributed by atoms with Crippen LogP contribution in [0.3, 0.4) is 0 Å². The van der Waals surface area contributed by atoms with Crippen molar-refractivity contribution in [3.8, 4) is 11.4 Å². The zero-order valence-corrected chi connectivity index (χ0v) is 10.3. The molecule has 17 heavy (non-hydrogen) atoms. The molecule has 0 unspecified atom stereocenters. The first kappa shape index (κ1) is 12.1. The largest absolute Gasteiger partial charge is 0.337 e. The Balaban J connectivity index is 2.20. The van der Waals surface area contributed by atoms with Gasteiger partial charge >= 0.3 is 0 Å². The highest BCUT2D eigenvalue weighted by Gasteiger charge is 2.14. The van der Waals surface area contributed by atoms with Gasteiger partial charge < -0.3 is 10.3 Å². The lowest BCUT2D eigenvalue weighted by molar-refractivity contribution is 0.348. The summed E-state index contributed by atoms with van der Waals surface area (Å²) in [6, 6.07) is 7.09. The van der Waals surface area contributed by atoms with Crippen molar-refractivity contribution in [2.45, 2.75) is 25.8 Å². The summed E-state index contributed by atoms with van der Waals surface area (Å²) in [6.45, 7) is 2.07. The van der Waals surface area contributed by atoms with Gasteiger partial charge in [-0.2, -0.15) is 4.98 Å². The predicted octanol–water partition coefficient (Wildman–Crippen LogP) is 3.19. The maximum Gasteiger partial charge on any atom is 0.243 e. The molecule has 1 aromatic carbocycles. The Morgan fingerprint density at radius 3 is 2.71 bits per heavy atom. The summed E-state index contributed by atoms with van der Waals surface area (Å²) in [7, 11) is 0. The molecule has 0 aliphatic heterocycles. The van der Waals surface area contributed by atoms with Gasteiger partial charge in [0.1, 0.15) is 0 Å². The molecule has 5 heteroatoms. The number of nitrogens with two attached hydrogens (primary N) is 1. The summed E-state index contributed by atoms with van der Waals surface area (Å²) in [4.78, 5) is 4.28. The van der Waals surface area contributed by atoms with Crippen LogP contribution in [0.5, 0.6) is 0 Å². The van der Waals surface area contributed by atoms with E-state index in [1.165, 1.54) is 0 Å². The van der Waals surface area contributed by atoms with Crippen molar-refractivity contribution in [1.29, 1.82) is 0 Å². The summed E-state index contributed by atoms with van der Waals surface area (Å²) in [6.07, 6.45) is 1.82. The molecule has 0 saturated carbocycles. The fourth-order valence-corrected chi connectivity index (χ4v) is 1.66. The van der Waals surface area contributed by atoms with Crippen molar-refractivity contribution in [3.05, 3.63) is 35.2 Å². The van der Waals surface area contributed by atoms with E-state index in [4.69, 9.17) is 21.9 Å². The summed E-state index contributed by atoms with van der Waals surface area (Å²) >= 11 is 5.81. The summed E-state index contributed by atoms with van der Waals surface area (Å²) < 4.78 is 5.14. The first-order valence-electron chi connectivity index (χ1n) is 5.56. The van der Waals surface area contributed by atoms with Crippen LogP contribution in [0.1, 0.15) is 31.7 Å². The highest BCUT2D eigenvalue weighted by Crippen LogP contribution is 2.21. The molecular weight excluding hydrogens is 238 g/mol. The van der Waals surface area contributed by atoms with Gasteiger partial charge in [-0.1, -0.05) is 30.1 Å². The zero-order valence-electron chi connectivity index (χ0n) is 9.56. The molecule has 2 N–H and O–H groups in total. The van der Waals surface area contributed by atoms with Gasteiger partial charge in [-0.3, -0.25) is 0 Å². The lowest BCUT2D eigenvalue weighted by atomic mass is 10.2. The second-order valence-electron chi connectivity index (χ2n) is 3.86. The molecule has 0 aliphatic rings. The number of benzene rings is 1. The van der Waals surface area contributed by atoms with Gasteiger partial charge in [-0.15, -0.1) is 0 Å². The van der Waals surface area contributed by atoms with E-state index in [1.54, 1.807) is 12.1 Å². The smallest absolute Gasteiger partial charge is 0.243 e. The SMILES string of the molecule is CCC[C@@H](N)c1nc(-c2ccc(Cl)cc2)no1. The second kappa shape index (κ2) is 5.29. The summed E-state index contributed by atoms with van der Waals surface area (Å²) in [5.74, 6) is 1.03. The van der Waals surface area contributed by atoms with Crippen molar-refractivity contribution in [3.63, 3.8) is 0 Å². The second-order valence-corrected chi connectivity index (χ2v) is 4.29. The third kappa shape index (κ3) is 2.84. The molecule has 1 aromatic heterocycles. The topological polar surface area (TPSA) is 64.9 Å². The van der Waals surface area contributed by atoms with Gasteiger partial charge in [0.25, 0.3) is 0 Å². The number of hydrogen-bond donors (Lipinski definition) is 1. The normalized spacial score (nSPS) is 12.6. The number of hydrogen-bond acceptors (Lipinski definition) is 4. The van der Waals surface area contributed by atoms with Crippen LogP contribution >= 0.6 is 11.6 Å². The van der Waals surface area contributed by atoms with E-state index in [2.05, 4.69) is 17.1 Å². The Bertz CT molecular complexity index is 481. The van der Waals surface area contributed by atoms with Crippen molar-refractivity contribution in [1.82, 2.24) is 10.1 Å². The number of rotatable bonds is 4.